The van der Waals surface area contributed by atoms with Crippen molar-refractivity contribution < 1.29 is 10.7 Å². The van der Waals surface area contributed by atoms with E-state index in [1.807, 2.05) is 12.1 Å². The number of para-hydroxylation sites is 1. The molecule has 0 bridgehead atoms. The van der Waals surface area contributed by atoms with Crippen molar-refractivity contribution in [1.82, 2.24) is 0 Å². The van der Waals surface area contributed by atoms with Gasteiger partial charge in [-0.3, -0.25) is 10.1 Å². The van der Waals surface area contributed by atoms with Crippen molar-refractivity contribution >= 4 is 5.69 Å². The Hall–Kier alpha value is -1.42. The van der Waals surface area contributed by atoms with Crippen LogP contribution in [0.25, 0.3) is 0 Å². The maximum absolute atomic E-state index is 10.6. The Bertz CT molecular complexity index is 313. The molecule has 0 atom stereocenters. The van der Waals surface area contributed by atoms with E-state index in [0.29, 0.717) is 0 Å². The van der Waals surface area contributed by atoms with Gasteiger partial charge in [-0.25, -0.2) is 0 Å². The minimum atomic E-state index is -0.320. The first kappa shape index (κ1) is 10.7. The van der Waals surface area contributed by atoms with E-state index in [1.54, 1.807) is 12.1 Å². The van der Waals surface area contributed by atoms with Gasteiger partial charge in [-0.05, 0) is 19.3 Å². The topological polar surface area (TPSA) is 70.8 Å². The number of nitro benzene ring substituents is 1. The molecule has 4 heteroatoms. The molecular weight excluding hydrogens is 180 g/mol. The zero-order chi connectivity index (χ0) is 10.4. The Morgan fingerprint density at radius 2 is 2.00 bits per heavy atom. The molecule has 0 heterocycles. The summed E-state index contributed by atoms with van der Waals surface area (Å²) in [5.41, 5.74) is 4.80. The number of hydrogen-bond donors (Lipinski definition) is 1. The van der Waals surface area contributed by atoms with Gasteiger partial charge in [0, 0.05) is 11.6 Å². The van der Waals surface area contributed by atoms with Crippen molar-refractivity contribution in [2.75, 3.05) is 6.54 Å². The fourth-order valence-electron chi connectivity index (χ4n) is 1.39. The van der Waals surface area contributed by atoms with Crippen LogP contribution in [0, 0.1) is 10.1 Å². The maximum atomic E-state index is 10.6. The molecule has 3 N–H and O–H groups in total. The molecule has 0 amide bonds. The summed E-state index contributed by atoms with van der Waals surface area (Å²) in [6.07, 6.45) is 2.76. The van der Waals surface area contributed by atoms with E-state index in [9.17, 15) is 10.1 Å². The lowest BCUT2D eigenvalue weighted by molar-refractivity contribution is -0.385. The zero-order valence-electron chi connectivity index (χ0n) is 8.11. The molecule has 0 aliphatic heterocycles. The van der Waals surface area contributed by atoms with Gasteiger partial charge in [0.1, 0.15) is 0 Å². The summed E-state index contributed by atoms with van der Waals surface area (Å²) < 4.78 is 0. The van der Waals surface area contributed by atoms with E-state index in [0.717, 1.165) is 31.4 Å². The normalized spacial score (nSPS) is 10.1. The van der Waals surface area contributed by atoms with Crippen molar-refractivity contribution in [3.8, 4) is 0 Å². The second-order valence-electron chi connectivity index (χ2n) is 3.20. The van der Waals surface area contributed by atoms with Gasteiger partial charge in [0.15, 0.2) is 0 Å². The SMILES string of the molecule is [NH3+]CCCCc1ccccc1[N+](=O)[O-]. The molecule has 0 aliphatic rings. The summed E-state index contributed by atoms with van der Waals surface area (Å²) in [5, 5.41) is 10.6. The number of nitrogens with zero attached hydrogens (tertiary/aromatic N) is 1. The number of rotatable bonds is 5. The molecule has 14 heavy (non-hydrogen) atoms. The summed E-state index contributed by atoms with van der Waals surface area (Å²) in [6.45, 7) is 0.890. The lowest BCUT2D eigenvalue weighted by atomic mass is 10.1. The van der Waals surface area contributed by atoms with Crippen LogP contribution in [0.1, 0.15) is 18.4 Å². The quantitative estimate of drug-likeness (QED) is 0.435. The number of unbranched alkanes of at least 4 members (excludes halogenated alkanes) is 1. The Labute approximate surface area is 82.9 Å². The molecule has 0 radical (unpaired) electrons. The summed E-state index contributed by atoms with van der Waals surface area (Å²) in [6, 6.07) is 6.91. The molecule has 0 fully saturated rings. The molecule has 4 nitrogen and oxygen atoms in total. The predicted octanol–water partition coefficient (Wildman–Crippen LogP) is 1.16. The largest absolute Gasteiger partial charge is 0.358 e. The van der Waals surface area contributed by atoms with Gasteiger partial charge < -0.3 is 5.73 Å². The maximum Gasteiger partial charge on any atom is 0.272 e. The van der Waals surface area contributed by atoms with Gasteiger partial charge in [0.25, 0.3) is 5.69 Å². The van der Waals surface area contributed by atoms with Crippen LogP contribution in [0.2, 0.25) is 0 Å². The van der Waals surface area contributed by atoms with Gasteiger partial charge in [-0.2, -0.15) is 0 Å². The highest BCUT2D eigenvalue weighted by molar-refractivity contribution is 5.39. The Morgan fingerprint density at radius 3 is 2.64 bits per heavy atom. The number of quaternary nitrogens is 1. The van der Waals surface area contributed by atoms with Gasteiger partial charge >= 0.3 is 0 Å². The summed E-state index contributed by atoms with van der Waals surface area (Å²) in [5.74, 6) is 0. The minimum Gasteiger partial charge on any atom is -0.358 e. The fourth-order valence-corrected chi connectivity index (χ4v) is 1.39. The molecule has 0 aromatic heterocycles. The average molecular weight is 195 g/mol. The van der Waals surface area contributed by atoms with Crippen molar-refractivity contribution in [3.63, 3.8) is 0 Å². The average Bonchev–Trinajstić information content (AvgIpc) is 2.19. The first-order chi connectivity index (χ1) is 6.75. The minimum absolute atomic E-state index is 0.233. The summed E-state index contributed by atoms with van der Waals surface area (Å²) in [7, 11) is 0. The van der Waals surface area contributed by atoms with Crippen LogP contribution in [-0.2, 0) is 6.42 Å². The Morgan fingerprint density at radius 1 is 1.29 bits per heavy atom. The Kier molecular flexibility index (Phi) is 4.07. The van der Waals surface area contributed by atoms with Crippen molar-refractivity contribution in [2.45, 2.75) is 19.3 Å². The zero-order valence-corrected chi connectivity index (χ0v) is 8.11. The van der Waals surface area contributed by atoms with Crippen LogP contribution in [0.5, 0.6) is 0 Å². The molecule has 1 aromatic carbocycles. The van der Waals surface area contributed by atoms with Gasteiger partial charge in [-0.1, -0.05) is 18.2 Å². The van der Waals surface area contributed by atoms with E-state index in [2.05, 4.69) is 5.73 Å². The van der Waals surface area contributed by atoms with E-state index < -0.39 is 0 Å². The van der Waals surface area contributed by atoms with Gasteiger partial charge in [0.05, 0.1) is 11.5 Å². The van der Waals surface area contributed by atoms with Gasteiger partial charge in [0.2, 0.25) is 0 Å². The van der Waals surface area contributed by atoms with Crippen LogP contribution in [0.4, 0.5) is 5.69 Å². The van der Waals surface area contributed by atoms with Crippen LogP contribution < -0.4 is 5.73 Å². The third-order valence-electron chi connectivity index (χ3n) is 2.13. The van der Waals surface area contributed by atoms with E-state index in [4.69, 9.17) is 0 Å². The fraction of sp³-hybridized carbons (Fsp3) is 0.400. The van der Waals surface area contributed by atoms with E-state index >= 15 is 0 Å². The third kappa shape index (κ3) is 2.81. The smallest absolute Gasteiger partial charge is 0.272 e. The summed E-state index contributed by atoms with van der Waals surface area (Å²) in [4.78, 5) is 10.3. The molecule has 0 unspecified atom stereocenters. The predicted molar refractivity (Wildman–Crippen MR) is 53.8 cm³/mol. The molecule has 76 valence electrons. The highest BCUT2D eigenvalue weighted by atomic mass is 16.6. The summed E-state index contributed by atoms with van der Waals surface area (Å²) >= 11 is 0. The standard InChI is InChI=1S/C10H14N2O2/c11-8-4-3-6-9-5-1-2-7-10(9)12(13)14/h1-2,5,7H,3-4,6,8,11H2/p+1. The monoisotopic (exact) mass is 195 g/mol. The van der Waals surface area contributed by atoms with Crippen molar-refractivity contribution in [2.24, 2.45) is 0 Å². The molecule has 0 spiro atoms. The van der Waals surface area contributed by atoms with E-state index in [1.165, 1.54) is 0 Å². The lowest BCUT2D eigenvalue weighted by Crippen LogP contribution is -2.50. The lowest BCUT2D eigenvalue weighted by Gasteiger charge is -2.00. The van der Waals surface area contributed by atoms with E-state index in [-0.39, 0.29) is 10.6 Å². The van der Waals surface area contributed by atoms with Crippen LogP contribution in [0.3, 0.4) is 0 Å². The van der Waals surface area contributed by atoms with Crippen molar-refractivity contribution in [1.29, 1.82) is 0 Å². The number of aryl methyl sites for hydroxylation is 1. The second kappa shape index (κ2) is 5.34. The molecular formula is C10H15N2O2+. The second-order valence-corrected chi connectivity index (χ2v) is 3.20. The molecule has 0 saturated carbocycles. The van der Waals surface area contributed by atoms with Crippen LogP contribution in [0.15, 0.2) is 24.3 Å². The van der Waals surface area contributed by atoms with Crippen LogP contribution >= 0.6 is 0 Å². The highest BCUT2D eigenvalue weighted by Gasteiger charge is 2.10. The first-order valence-electron chi connectivity index (χ1n) is 4.77. The van der Waals surface area contributed by atoms with Crippen LogP contribution in [-0.4, -0.2) is 11.5 Å². The number of nitro groups is 1. The molecule has 1 aromatic rings. The molecule has 0 aliphatic carbocycles. The Balaban J connectivity index is 2.69. The number of hydrogen-bond acceptors (Lipinski definition) is 2. The third-order valence-corrected chi connectivity index (χ3v) is 2.13. The molecule has 1 rings (SSSR count). The first-order valence-corrected chi connectivity index (χ1v) is 4.77. The number of benzene rings is 1. The highest BCUT2D eigenvalue weighted by Crippen LogP contribution is 2.19. The molecule has 0 saturated heterocycles. The van der Waals surface area contributed by atoms with Gasteiger partial charge in [-0.15, -0.1) is 0 Å². The van der Waals surface area contributed by atoms with Crippen molar-refractivity contribution in [3.05, 3.63) is 39.9 Å².